The zero-order chi connectivity index (χ0) is 23.1. The summed E-state index contributed by atoms with van der Waals surface area (Å²) < 4.78 is 7.51. The number of pyridine rings is 1. The van der Waals surface area contributed by atoms with E-state index in [9.17, 15) is 0 Å². The Kier molecular flexibility index (Phi) is 5.99. The Hall–Kier alpha value is -2.67. The summed E-state index contributed by atoms with van der Waals surface area (Å²) in [7, 11) is 0. The van der Waals surface area contributed by atoms with Crippen LogP contribution in [-0.4, -0.2) is 10.1 Å². The van der Waals surface area contributed by atoms with Crippen molar-refractivity contribution in [2.24, 2.45) is 0 Å². The monoisotopic (exact) mass is 537 g/mol. The fourth-order valence-corrected chi connectivity index (χ4v) is 5.00. The average Bonchev–Trinajstić information content (AvgIpc) is 3.43. The minimum absolute atomic E-state index is 0.165. The summed E-state index contributed by atoms with van der Waals surface area (Å²) in [6.07, 6.45) is 1.80. The second-order valence-electron chi connectivity index (χ2n) is 8.04. The van der Waals surface area contributed by atoms with Gasteiger partial charge in [-0.1, -0.05) is 45.7 Å². The van der Waals surface area contributed by atoms with Gasteiger partial charge in [-0.05, 0) is 85.7 Å². The summed E-state index contributed by atoms with van der Waals surface area (Å²) in [5.74, 6) is 1.57. The first-order chi connectivity index (χ1) is 15.9. The number of thiocarbonyl (C=S) groups is 1. The number of aromatic nitrogens is 1. The molecule has 1 aliphatic rings. The lowest BCUT2D eigenvalue weighted by atomic mass is 10.0. The lowest BCUT2D eigenvalue weighted by molar-refractivity contribution is 0.439. The lowest BCUT2D eigenvalue weighted by Crippen LogP contribution is -2.29. The van der Waals surface area contributed by atoms with E-state index < -0.39 is 0 Å². The molecule has 5 rings (SSSR count). The van der Waals surface area contributed by atoms with Crippen LogP contribution in [0.5, 0.6) is 0 Å². The van der Waals surface area contributed by atoms with Crippen molar-refractivity contribution in [3.05, 3.63) is 105 Å². The highest BCUT2D eigenvalue weighted by atomic mass is 79.9. The molecule has 2 unspecified atom stereocenters. The molecule has 2 aromatic carbocycles. The number of halogens is 2. The van der Waals surface area contributed by atoms with Crippen molar-refractivity contribution in [1.82, 2.24) is 10.3 Å². The van der Waals surface area contributed by atoms with E-state index in [1.165, 1.54) is 0 Å². The first kappa shape index (κ1) is 22.1. The van der Waals surface area contributed by atoms with Crippen LogP contribution in [0.15, 0.2) is 81.8 Å². The molecule has 2 atom stereocenters. The van der Waals surface area contributed by atoms with E-state index >= 15 is 0 Å². The van der Waals surface area contributed by atoms with E-state index in [1.807, 2.05) is 61.5 Å². The van der Waals surface area contributed by atoms with E-state index in [0.717, 1.165) is 44.1 Å². The maximum Gasteiger partial charge on any atom is 0.174 e. The second-order valence-corrected chi connectivity index (χ2v) is 9.69. The van der Waals surface area contributed by atoms with Gasteiger partial charge in [0.1, 0.15) is 17.6 Å². The van der Waals surface area contributed by atoms with Gasteiger partial charge >= 0.3 is 0 Å². The first-order valence-electron chi connectivity index (χ1n) is 10.6. The summed E-state index contributed by atoms with van der Waals surface area (Å²) in [5, 5.41) is 4.82. The van der Waals surface area contributed by atoms with Crippen molar-refractivity contribution in [2.45, 2.75) is 25.9 Å². The molecule has 4 nitrogen and oxygen atoms in total. The smallest absolute Gasteiger partial charge is 0.174 e. The molecule has 0 spiro atoms. The van der Waals surface area contributed by atoms with Crippen LogP contribution in [0.1, 0.15) is 34.7 Å². The molecule has 4 aromatic rings. The molecule has 0 amide bonds. The summed E-state index contributed by atoms with van der Waals surface area (Å²) in [6.45, 7) is 4.07. The lowest BCUT2D eigenvalue weighted by Gasteiger charge is -2.26. The van der Waals surface area contributed by atoms with E-state index in [4.69, 9.17) is 28.2 Å². The number of aryl methyl sites for hydroxylation is 1. The predicted octanol–water partition coefficient (Wildman–Crippen LogP) is 7.55. The highest BCUT2D eigenvalue weighted by Crippen LogP contribution is 2.43. The standard InChI is InChI=1S/C26H21BrClN3OS/c1-15-14-17(9-10-19(15)27)31-25(24(30-26(31)33)21-8-3-4-13-29-21)23-12-11-22(32-23)18-6-5-7-20(28)16(18)2/h3-14,24-25H,1-2H3,(H,30,33). The first-order valence-corrected chi connectivity index (χ1v) is 12.1. The summed E-state index contributed by atoms with van der Waals surface area (Å²) in [4.78, 5) is 6.72. The van der Waals surface area contributed by atoms with E-state index in [-0.39, 0.29) is 12.1 Å². The van der Waals surface area contributed by atoms with Gasteiger partial charge in [-0.25, -0.2) is 0 Å². The molecule has 0 aliphatic carbocycles. The maximum absolute atomic E-state index is 6.46. The Balaban J connectivity index is 1.62. The number of rotatable bonds is 4. The van der Waals surface area contributed by atoms with Crippen LogP contribution in [0, 0.1) is 13.8 Å². The molecule has 2 aromatic heterocycles. The molecule has 166 valence electrons. The third-order valence-corrected chi connectivity index (χ3v) is 7.58. The Labute approximate surface area is 211 Å². The van der Waals surface area contributed by atoms with Crippen molar-refractivity contribution >= 4 is 50.5 Å². The molecule has 7 heteroatoms. The zero-order valence-electron chi connectivity index (χ0n) is 18.0. The molecule has 0 radical (unpaired) electrons. The van der Waals surface area contributed by atoms with E-state index in [2.05, 4.69) is 50.2 Å². The van der Waals surface area contributed by atoms with Crippen molar-refractivity contribution in [3.8, 4) is 11.3 Å². The van der Waals surface area contributed by atoms with Crippen LogP contribution in [0.4, 0.5) is 5.69 Å². The number of hydrogen-bond acceptors (Lipinski definition) is 3. The minimum Gasteiger partial charge on any atom is -0.459 e. The Bertz CT molecular complexity index is 1340. The normalized spacial score (nSPS) is 17.9. The Morgan fingerprint density at radius 1 is 1.06 bits per heavy atom. The van der Waals surface area contributed by atoms with Gasteiger partial charge < -0.3 is 14.6 Å². The Morgan fingerprint density at radius 3 is 2.67 bits per heavy atom. The highest BCUT2D eigenvalue weighted by Gasteiger charge is 2.42. The topological polar surface area (TPSA) is 41.3 Å². The van der Waals surface area contributed by atoms with Gasteiger partial charge in [0.2, 0.25) is 0 Å². The number of nitrogens with zero attached hydrogens (tertiary/aromatic N) is 2. The molecule has 1 aliphatic heterocycles. The van der Waals surface area contributed by atoms with Crippen LogP contribution < -0.4 is 10.2 Å². The molecular weight excluding hydrogens is 518 g/mol. The molecule has 1 N–H and O–H groups in total. The van der Waals surface area contributed by atoms with Gasteiger partial charge in [0.25, 0.3) is 0 Å². The van der Waals surface area contributed by atoms with Gasteiger partial charge in [0, 0.05) is 26.9 Å². The number of hydrogen-bond donors (Lipinski definition) is 1. The Morgan fingerprint density at radius 2 is 1.91 bits per heavy atom. The van der Waals surface area contributed by atoms with Crippen LogP contribution in [0.2, 0.25) is 5.02 Å². The quantitative estimate of drug-likeness (QED) is 0.272. The average molecular weight is 539 g/mol. The largest absolute Gasteiger partial charge is 0.459 e. The van der Waals surface area contributed by atoms with Crippen LogP contribution in [0.25, 0.3) is 11.3 Å². The van der Waals surface area contributed by atoms with Crippen molar-refractivity contribution in [1.29, 1.82) is 0 Å². The number of anilines is 1. The van der Waals surface area contributed by atoms with Crippen molar-refractivity contribution < 1.29 is 4.42 Å². The summed E-state index contributed by atoms with van der Waals surface area (Å²) in [5.41, 5.74) is 4.99. The van der Waals surface area contributed by atoms with Crippen LogP contribution >= 0.6 is 39.7 Å². The number of nitrogens with one attached hydrogen (secondary N) is 1. The zero-order valence-corrected chi connectivity index (χ0v) is 21.2. The fourth-order valence-electron chi connectivity index (χ4n) is 4.23. The van der Waals surface area contributed by atoms with E-state index in [0.29, 0.717) is 10.1 Å². The number of benzene rings is 2. The molecule has 1 fully saturated rings. The van der Waals surface area contributed by atoms with Crippen molar-refractivity contribution in [3.63, 3.8) is 0 Å². The molecule has 0 saturated carbocycles. The van der Waals surface area contributed by atoms with Gasteiger partial charge in [0.15, 0.2) is 5.11 Å². The van der Waals surface area contributed by atoms with Crippen LogP contribution in [-0.2, 0) is 0 Å². The van der Waals surface area contributed by atoms with Gasteiger partial charge in [0.05, 0.1) is 11.7 Å². The van der Waals surface area contributed by atoms with Gasteiger partial charge in [-0.15, -0.1) is 0 Å². The minimum atomic E-state index is -0.207. The number of furan rings is 1. The van der Waals surface area contributed by atoms with Crippen molar-refractivity contribution in [2.75, 3.05) is 4.90 Å². The van der Waals surface area contributed by atoms with E-state index in [1.54, 1.807) is 6.20 Å². The molecule has 33 heavy (non-hydrogen) atoms. The molecule has 1 saturated heterocycles. The highest BCUT2D eigenvalue weighted by molar-refractivity contribution is 9.10. The maximum atomic E-state index is 6.46. The SMILES string of the molecule is Cc1cc(N2C(=S)NC(c3ccccn3)C2c2ccc(-c3cccc(Cl)c3C)o2)ccc1Br. The third-order valence-electron chi connectivity index (χ3n) is 5.97. The molecule has 0 bridgehead atoms. The summed E-state index contributed by atoms with van der Waals surface area (Å²) >= 11 is 15.8. The molecule has 3 heterocycles. The predicted molar refractivity (Wildman–Crippen MR) is 141 cm³/mol. The third kappa shape index (κ3) is 4.07. The van der Waals surface area contributed by atoms with Crippen LogP contribution in [0.3, 0.4) is 0 Å². The summed E-state index contributed by atoms with van der Waals surface area (Å²) in [6, 6.07) is 21.6. The van der Waals surface area contributed by atoms with Gasteiger partial charge in [-0.2, -0.15) is 0 Å². The second kappa shape index (κ2) is 8.93. The van der Waals surface area contributed by atoms with Gasteiger partial charge in [-0.3, -0.25) is 4.98 Å². The fraction of sp³-hybridized carbons (Fsp3) is 0.154. The molecular formula is C26H21BrClN3OS.